The lowest BCUT2D eigenvalue weighted by Crippen LogP contribution is -2.40. The minimum Gasteiger partial charge on any atom is -0.354 e. The van der Waals surface area contributed by atoms with Crippen LogP contribution >= 0.6 is 15.9 Å². The van der Waals surface area contributed by atoms with E-state index in [1.807, 2.05) is 13.8 Å². The molecule has 2 N–H and O–H groups in total. The molecule has 17 heavy (non-hydrogen) atoms. The third-order valence-corrected chi connectivity index (χ3v) is 2.60. The van der Waals surface area contributed by atoms with Gasteiger partial charge in [0.2, 0.25) is 0 Å². The zero-order valence-corrected chi connectivity index (χ0v) is 11.8. The van der Waals surface area contributed by atoms with Crippen LogP contribution < -0.4 is 10.6 Å². The second-order valence-corrected chi connectivity index (χ2v) is 4.88. The summed E-state index contributed by atoms with van der Waals surface area (Å²) in [4.78, 5) is 4.06. The minimum absolute atomic E-state index is 0.222. The van der Waals surface area contributed by atoms with Gasteiger partial charge in [-0.25, -0.2) is 4.39 Å². The van der Waals surface area contributed by atoms with E-state index in [0.717, 1.165) is 4.47 Å². The molecule has 0 heterocycles. The smallest absolute Gasteiger partial charge is 0.191 e. The molecule has 94 valence electrons. The molecule has 5 heteroatoms. The number of rotatable bonds is 3. The Morgan fingerprint density at radius 1 is 1.47 bits per heavy atom. The second-order valence-electron chi connectivity index (χ2n) is 3.96. The zero-order valence-electron chi connectivity index (χ0n) is 10.2. The average Bonchev–Trinajstić information content (AvgIpc) is 2.28. The predicted molar refractivity (Wildman–Crippen MR) is 72.6 cm³/mol. The van der Waals surface area contributed by atoms with Crippen LogP contribution in [0.5, 0.6) is 0 Å². The van der Waals surface area contributed by atoms with Crippen molar-refractivity contribution in [1.82, 2.24) is 10.6 Å². The highest BCUT2D eigenvalue weighted by molar-refractivity contribution is 9.10. The van der Waals surface area contributed by atoms with E-state index in [2.05, 4.69) is 31.6 Å². The van der Waals surface area contributed by atoms with Gasteiger partial charge in [-0.1, -0.05) is 15.9 Å². The third kappa shape index (κ3) is 4.73. The van der Waals surface area contributed by atoms with Crippen LogP contribution in [-0.4, -0.2) is 19.0 Å². The zero-order chi connectivity index (χ0) is 12.8. The molecule has 0 aromatic heterocycles. The molecule has 1 aromatic rings. The fourth-order valence-corrected chi connectivity index (χ4v) is 1.73. The van der Waals surface area contributed by atoms with Crippen molar-refractivity contribution in [3.8, 4) is 0 Å². The molecule has 1 aromatic carbocycles. The van der Waals surface area contributed by atoms with E-state index >= 15 is 0 Å². The lowest BCUT2D eigenvalue weighted by Gasteiger charge is -2.14. The molecule has 0 unspecified atom stereocenters. The average molecular weight is 302 g/mol. The Labute approximate surface area is 110 Å². The summed E-state index contributed by atoms with van der Waals surface area (Å²) < 4.78 is 14.3. The van der Waals surface area contributed by atoms with E-state index < -0.39 is 0 Å². The Morgan fingerprint density at radius 3 is 2.76 bits per heavy atom. The largest absolute Gasteiger partial charge is 0.354 e. The van der Waals surface area contributed by atoms with Crippen LogP contribution in [0.4, 0.5) is 4.39 Å². The number of halogens is 2. The van der Waals surface area contributed by atoms with Crippen molar-refractivity contribution in [2.45, 2.75) is 26.4 Å². The third-order valence-electron chi connectivity index (χ3n) is 2.10. The maximum Gasteiger partial charge on any atom is 0.191 e. The fourth-order valence-electron chi connectivity index (χ4n) is 1.33. The highest BCUT2D eigenvalue weighted by Gasteiger charge is 2.04. The Balaban J connectivity index is 2.63. The van der Waals surface area contributed by atoms with Gasteiger partial charge in [-0.15, -0.1) is 0 Å². The number of nitrogens with one attached hydrogen (secondary N) is 2. The van der Waals surface area contributed by atoms with Crippen LogP contribution in [0.15, 0.2) is 27.7 Å². The van der Waals surface area contributed by atoms with Gasteiger partial charge < -0.3 is 10.6 Å². The molecule has 0 fully saturated rings. The molecule has 0 spiro atoms. The van der Waals surface area contributed by atoms with Crippen LogP contribution in [0, 0.1) is 5.82 Å². The van der Waals surface area contributed by atoms with E-state index in [0.29, 0.717) is 18.1 Å². The van der Waals surface area contributed by atoms with E-state index in [1.165, 1.54) is 6.07 Å². The summed E-state index contributed by atoms with van der Waals surface area (Å²) in [6.07, 6.45) is 0. The molecule has 1 rings (SSSR count). The predicted octanol–water partition coefficient (Wildman–Crippen LogP) is 2.66. The van der Waals surface area contributed by atoms with E-state index in [9.17, 15) is 4.39 Å². The summed E-state index contributed by atoms with van der Waals surface area (Å²) in [5.74, 6) is 0.445. The topological polar surface area (TPSA) is 36.4 Å². The maximum absolute atomic E-state index is 13.5. The van der Waals surface area contributed by atoms with Crippen molar-refractivity contribution >= 4 is 21.9 Å². The normalized spacial score (nSPS) is 11.8. The molecule has 0 radical (unpaired) electrons. The van der Waals surface area contributed by atoms with Crippen LogP contribution in [0.3, 0.4) is 0 Å². The summed E-state index contributed by atoms with van der Waals surface area (Å²) in [6.45, 7) is 4.44. The molecule has 0 aliphatic rings. The SMILES string of the molecule is CN=C(NCc1cc(Br)ccc1F)NC(C)C. The Hall–Kier alpha value is -1.10. The first-order chi connectivity index (χ1) is 8.02. The molecular formula is C12H17BrFN3. The lowest BCUT2D eigenvalue weighted by molar-refractivity contribution is 0.603. The van der Waals surface area contributed by atoms with Crippen LogP contribution in [0.1, 0.15) is 19.4 Å². The molecule has 0 bridgehead atoms. The standard InChI is InChI=1S/C12H17BrFN3/c1-8(2)17-12(15-3)16-7-9-6-10(13)4-5-11(9)14/h4-6,8H,7H2,1-3H3,(H2,15,16,17). The number of hydrogen-bond acceptors (Lipinski definition) is 1. The van der Waals surface area contributed by atoms with Gasteiger partial charge in [-0.05, 0) is 32.0 Å². The Kier molecular flexibility index (Phi) is 5.41. The highest BCUT2D eigenvalue weighted by atomic mass is 79.9. The van der Waals surface area contributed by atoms with Gasteiger partial charge in [0.1, 0.15) is 5.82 Å². The van der Waals surface area contributed by atoms with Gasteiger partial charge in [0, 0.05) is 29.7 Å². The second kappa shape index (κ2) is 6.59. The van der Waals surface area contributed by atoms with Crippen molar-refractivity contribution in [3.63, 3.8) is 0 Å². The lowest BCUT2D eigenvalue weighted by atomic mass is 10.2. The van der Waals surface area contributed by atoms with Crippen molar-refractivity contribution in [2.24, 2.45) is 4.99 Å². The molecule has 0 aliphatic carbocycles. The quantitative estimate of drug-likeness (QED) is 0.665. The van der Waals surface area contributed by atoms with Crippen molar-refractivity contribution in [1.29, 1.82) is 0 Å². The van der Waals surface area contributed by atoms with Gasteiger partial charge in [0.25, 0.3) is 0 Å². The van der Waals surface area contributed by atoms with Crippen molar-refractivity contribution < 1.29 is 4.39 Å². The van der Waals surface area contributed by atoms with Crippen LogP contribution in [0.2, 0.25) is 0 Å². The minimum atomic E-state index is -0.222. The number of guanidine groups is 1. The first-order valence-electron chi connectivity index (χ1n) is 5.44. The summed E-state index contributed by atoms with van der Waals surface area (Å²) in [7, 11) is 1.69. The molecule has 0 atom stereocenters. The summed E-state index contributed by atoms with van der Waals surface area (Å²) in [6, 6.07) is 5.17. The van der Waals surface area contributed by atoms with Gasteiger partial charge in [-0.2, -0.15) is 0 Å². The van der Waals surface area contributed by atoms with Crippen LogP contribution in [-0.2, 0) is 6.54 Å². The van der Waals surface area contributed by atoms with Crippen molar-refractivity contribution in [2.75, 3.05) is 7.05 Å². The Bertz CT molecular complexity index is 405. The molecule has 0 amide bonds. The first kappa shape index (κ1) is 14.0. The molecular weight excluding hydrogens is 285 g/mol. The molecule has 0 saturated carbocycles. The first-order valence-corrected chi connectivity index (χ1v) is 6.23. The maximum atomic E-state index is 13.5. The van der Waals surface area contributed by atoms with E-state index in [1.54, 1.807) is 19.2 Å². The fraction of sp³-hybridized carbons (Fsp3) is 0.417. The van der Waals surface area contributed by atoms with Gasteiger partial charge in [0.15, 0.2) is 5.96 Å². The van der Waals surface area contributed by atoms with Gasteiger partial charge in [0.05, 0.1) is 0 Å². The monoisotopic (exact) mass is 301 g/mol. The number of hydrogen-bond donors (Lipinski definition) is 2. The van der Waals surface area contributed by atoms with E-state index in [-0.39, 0.29) is 11.9 Å². The van der Waals surface area contributed by atoms with Crippen LogP contribution in [0.25, 0.3) is 0 Å². The van der Waals surface area contributed by atoms with E-state index in [4.69, 9.17) is 0 Å². The summed E-state index contributed by atoms with van der Waals surface area (Å²) >= 11 is 3.32. The number of nitrogens with zero attached hydrogens (tertiary/aromatic N) is 1. The number of benzene rings is 1. The molecule has 0 aliphatic heterocycles. The highest BCUT2D eigenvalue weighted by Crippen LogP contribution is 2.15. The summed E-state index contributed by atoms with van der Waals surface area (Å²) in [5, 5.41) is 6.20. The summed E-state index contributed by atoms with van der Waals surface area (Å²) in [5.41, 5.74) is 0.603. The Morgan fingerprint density at radius 2 is 2.18 bits per heavy atom. The van der Waals surface area contributed by atoms with Crippen molar-refractivity contribution in [3.05, 3.63) is 34.1 Å². The number of aliphatic imine (C=N–C) groups is 1. The molecule has 3 nitrogen and oxygen atoms in total. The van der Waals surface area contributed by atoms with Gasteiger partial charge in [-0.3, -0.25) is 4.99 Å². The van der Waals surface area contributed by atoms with Gasteiger partial charge >= 0.3 is 0 Å². The molecule has 0 saturated heterocycles.